The molecule has 228 valence electrons. The van der Waals surface area contributed by atoms with E-state index < -0.39 is 0 Å². The fourth-order valence-corrected chi connectivity index (χ4v) is 7.29. The van der Waals surface area contributed by atoms with Gasteiger partial charge in [0.05, 0.1) is 27.7 Å². The number of fused-ring (bicyclic) bond motifs is 8. The van der Waals surface area contributed by atoms with Crippen molar-refractivity contribution in [1.82, 2.24) is 9.55 Å². The Balaban J connectivity index is 1.37. The van der Waals surface area contributed by atoms with Gasteiger partial charge in [0.1, 0.15) is 28.2 Å². The van der Waals surface area contributed by atoms with E-state index in [0.29, 0.717) is 0 Å². The highest BCUT2D eigenvalue weighted by Crippen LogP contribution is 2.44. The van der Waals surface area contributed by atoms with Crippen molar-refractivity contribution in [1.29, 1.82) is 0 Å². The molecule has 4 nitrogen and oxygen atoms in total. The van der Waals surface area contributed by atoms with Crippen molar-refractivity contribution >= 4 is 54.9 Å². The molecule has 0 aliphatic carbocycles. The maximum Gasteiger partial charge on any atom is 0.149 e. The average molecular weight is 611 g/mol. The molecular formula is C43H34N2O2. The fourth-order valence-electron chi connectivity index (χ4n) is 7.29. The molecule has 0 saturated heterocycles. The second kappa shape index (κ2) is 10.5. The number of nitrogens with zero attached hydrogens (tertiary/aromatic N) is 2. The van der Waals surface area contributed by atoms with Crippen LogP contribution in [0.25, 0.3) is 83.1 Å². The molecule has 0 fully saturated rings. The van der Waals surface area contributed by atoms with Crippen LogP contribution in [0.3, 0.4) is 0 Å². The molecule has 0 amide bonds. The second-order valence-corrected chi connectivity index (χ2v) is 13.1. The third-order valence-electron chi connectivity index (χ3n) is 9.55. The van der Waals surface area contributed by atoms with Gasteiger partial charge in [-0.25, -0.2) is 4.98 Å². The van der Waals surface area contributed by atoms with Gasteiger partial charge in [0.2, 0.25) is 0 Å². The van der Waals surface area contributed by atoms with Gasteiger partial charge in [-0.1, -0.05) is 100 Å². The Hall–Kier alpha value is -5.61. The van der Waals surface area contributed by atoms with Crippen LogP contribution in [0.5, 0.6) is 0 Å². The van der Waals surface area contributed by atoms with Crippen molar-refractivity contribution in [3.05, 3.63) is 132 Å². The molecule has 4 heteroatoms. The summed E-state index contributed by atoms with van der Waals surface area (Å²) in [5.74, 6) is 1.43. The number of rotatable bonds is 5. The van der Waals surface area contributed by atoms with E-state index >= 15 is 0 Å². The third kappa shape index (κ3) is 4.18. The Morgan fingerprint density at radius 1 is 0.553 bits per heavy atom. The molecule has 3 heterocycles. The summed E-state index contributed by atoms with van der Waals surface area (Å²) in [6, 6.07) is 42.7. The van der Waals surface area contributed by atoms with Crippen molar-refractivity contribution in [2.45, 2.75) is 39.5 Å². The zero-order chi connectivity index (χ0) is 31.8. The lowest BCUT2D eigenvalue weighted by atomic mass is 9.88. The van der Waals surface area contributed by atoms with Gasteiger partial charge in [-0.05, 0) is 82.6 Å². The van der Waals surface area contributed by atoms with Crippen LogP contribution in [0.4, 0.5) is 0 Å². The molecule has 0 atom stereocenters. The summed E-state index contributed by atoms with van der Waals surface area (Å²) in [5, 5.41) is 4.22. The highest BCUT2D eigenvalue weighted by Gasteiger charge is 2.26. The lowest BCUT2D eigenvalue weighted by Gasteiger charge is -2.24. The number of para-hydroxylation sites is 4. The molecule has 0 unspecified atom stereocenters. The molecule has 0 aliphatic rings. The minimum Gasteiger partial charge on any atom is -0.455 e. The summed E-state index contributed by atoms with van der Waals surface area (Å²) in [5.41, 5.74) is 12.6. The molecule has 9 aromatic rings. The average Bonchev–Trinajstić information content (AvgIpc) is 3.79. The SMILES string of the molecule is CC(C)c1cc(-c2ccccc2)cc(C(C)C)c1-n1c(-c2cccc3c2oc2ccc4c5ccccc5oc4c23)nc2ccccc21. The molecule has 0 spiro atoms. The van der Waals surface area contributed by atoms with Gasteiger partial charge in [0.25, 0.3) is 0 Å². The first kappa shape index (κ1) is 27.7. The minimum atomic E-state index is 0.281. The smallest absolute Gasteiger partial charge is 0.149 e. The number of aromatic nitrogens is 2. The van der Waals surface area contributed by atoms with E-state index in [0.717, 1.165) is 66.3 Å². The Labute approximate surface area is 272 Å². The first-order valence-corrected chi connectivity index (χ1v) is 16.4. The zero-order valence-corrected chi connectivity index (χ0v) is 26.9. The van der Waals surface area contributed by atoms with Crippen LogP contribution in [0, 0.1) is 0 Å². The summed E-state index contributed by atoms with van der Waals surface area (Å²) >= 11 is 0. The molecule has 6 aromatic carbocycles. The van der Waals surface area contributed by atoms with Crippen LogP contribution in [-0.2, 0) is 0 Å². The Bertz CT molecular complexity index is 2600. The normalized spacial score (nSPS) is 12.2. The third-order valence-corrected chi connectivity index (χ3v) is 9.55. The van der Waals surface area contributed by atoms with E-state index in [1.165, 1.54) is 27.9 Å². The zero-order valence-electron chi connectivity index (χ0n) is 26.9. The summed E-state index contributed by atoms with van der Waals surface area (Å²) < 4.78 is 15.6. The first-order chi connectivity index (χ1) is 23.0. The fraction of sp³-hybridized carbons (Fsp3) is 0.140. The van der Waals surface area contributed by atoms with Crippen molar-refractivity contribution in [2.24, 2.45) is 0 Å². The monoisotopic (exact) mass is 610 g/mol. The Morgan fingerprint density at radius 2 is 1.23 bits per heavy atom. The highest BCUT2D eigenvalue weighted by atomic mass is 16.3. The summed E-state index contributed by atoms with van der Waals surface area (Å²) in [7, 11) is 0. The topological polar surface area (TPSA) is 44.1 Å². The molecule has 0 aliphatic heterocycles. The lowest BCUT2D eigenvalue weighted by Crippen LogP contribution is -2.09. The molecule has 0 saturated carbocycles. The standard InChI is InChI=1S/C43H34N2O2/c1-25(2)33-23-28(27-13-6-5-7-14-27)24-34(26(3)4)40(33)45-36-19-10-9-18-35(36)44-43(45)32-17-12-16-31-39-38(47-41(31)32)22-21-30-29-15-8-11-20-37(29)46-42(30)39/h5-26H,1-4H3. The van der Waals surface area contributed by atoms with Crippen LogP contribution < -0.4 is 0 Å². The molecule has 3 aromatic heterocycles. The van der Waals surface area contributed by atoms with Gasteiger partial charge in [0, 0.05) is 16.2 Å². The molecular weight excluding hydrogens is 576 g/mol. The number of hydrogen-bond acceptors (Lipinski definition) is 3. The molecule has 47 heavy (non-hydrogen) atoms. The van der Waals surface area contributed by atoms with E-state index in [4.69, 9.17) is 13.8 Å². The highest BCUT2D eigenvalue weighted by molar-refractivity contribution is 6.23. The van der Waals surface area contributed by atoms with Crippen molar-refractivity contribution < 1.29 is 8.83 Å². The van der Waals surface area contributed by atoms with Gasteiger partial charge in [-0.15, -0.1) is 0 Å². The van der Waals surface area contributed by atoms with E-state index in [1.807, 2.05) is 12.1 Å². The predicted octanol–water partition coefficient (Wildman–Crippen LogP) is 12.4. The largest absolute Gasteiger partial charge is 0.455 e. The quantitative estimate of drug-likeness (QED) is 0.195. The molecule has 0 bridgehead atoms. The number of hydrogen-bond donors (Lipinski definition) is 0. The van der Waals surface area contributed by atoms with E-state index in [1.54, 1.807) is 0 Å². The number of imidazole rings is 1. The van der Waals surface area contributed by atoms with Gasteiger partial charge in [-0.2, -0.15) is 0 Å². The maximum atomic E-state index is 6.75. The Morgan fingerprint density at radius 3 is 2.02 bits per heavy atom. The number of benzene rings is 6. The van der Waals surface area contributed by atoms with E-state index in [9.17, 15) is 0 Å². The van der Waals surface area contributed by atoms with Gasteiger partial charge in [-0.3, -0.25) is 4.57 Å². The second-order valence-electron chi connectivity index (χ2n) is 13.1. The van der Waals surface area contributed by atoms with Crippen LogP contribution in [0.2, 0.25) is 0 Å². The predicted molar refractivity (Wildman–Crippen MR) is 195 cm³/mol. The van der Waals surface area contributed by atoms with E-state index in [-0.39, 0.29) is 11.8 Å². The molecule has 0 radical (unpaired) electrons. The van der Waals surface area contributed by atoms with Crippen LogP contribution in [0.1, 0.15) is 50.7 Å². The van der Waals surface area contributed by atoms with Crippen molar-refractivity contribution in [3.8, 4) is 28.2 Å². The summed E-state index contributed by atoms with van der Waals surface area (Å²) in [6.45, 7) is 9.15. The number of furan rings is 2. The minimum absolute atomic E-state index is 0.281. The van der Waals surface area contributed by atoms with Crippen LogP contribution in [-0.4, -0.2) is 9.55 Å². The van der Waals surface area contributed by atoms with Gasteiger partial charge < -0.3 is 8.83 Å². The summed E-state index contributed by atoms with van der Waals surface area (Å²) in [6.07, 6.45) is 0. The van der Waals surface area contributed by atoms with Crippen LogP contribution in [0.15, 0.2) is 130 Å². The van der Waals surface area contributed by atoms with E-state index in [2.05, 4.69) is 141 Å². The van der Waals surface area contributed by atoms with Gasteiger partial charge >= 0.3 is 0 Å². The van der Waals surface area contributed by atoms with Crippen molar-refractivity contribution in [2.75, 3.05) is 0 Å². The lowest BCUT2D eigenvalue weighted by molar-refractivity contribution is 0.663. The maximum absolute atomic E-state index is 6.75. The van der Waals surface area contributed by atoms with Crippen molar-refractivity contribution in [3.63, 3.8) is 0 Å². The molecule has 9 rings (SSSR count). The molecule has 0 N–H and O–H groups in total. The first-order valence-electron chi connectivity index (χ1n) is 16.4. The van der Waals surface area contributed by atoms with Crippen LogP contribution >= 0.6 is 0 Å². The van der Waals surface area contributed by atoms with Gasteiger partial charge in [0.15, 0.2) is 0 Å². The summed E-state index contributed by atoms with van der Waals surface area (Å²) in [4.78, 5) is 5.34. The Kier molecular flexibility index (Phi) is 6.16.